The zero-order chi connectivity index (χ0) is 19.1. The second kappa shape index (κ2) is 6.61. The molecule has 4 heterocycles. The number of pyridine rings is 2. The van der Waals surface area contributed by atoms with Crippen molar-refractivity contribution in [1.82, 2.24) is 24.1 Å². The number of allylic oxidation sites excluding steroid dienone is 1. The molecule has 4 aromatic rings. The molecule has 7 heteroatoms. The third-order valence-corrected chi connectivity index (χ3v) is 4.97. The highest BCUT2D eigenvalue weighted by Crippen LogP contribution is 2.30. The highest BCUT2D eigenvalue weighted by molar-refractivity contribution is 5.79. The first-order valence-electron chi connectivity index (χ1n) is 9.13. The van der Waals surface area contributed by atoms with Gasteiger partial charge in [-0.25, -0.2) is 4.98 Å². The molecule has 140 valence electrons. The van der Waals surface area contributed by atoms with Gasteiger partial charge in [-0.3, -0.25) is 9.67 Å². The number of methoxy groups -OCH3 is 1. The highest BCUT2D eigenvalue weighted by Gasteiger charge is 2.13. The first kappa shape index (κ1) is 16.7. The summed E-state index contributed by atoms with van der Waals surface area (Å²) < 4.78 is 9.06. The average molecular weight is 372 g/mol. The Morgan fingerprint density at radius 1 is 1.18 bits per heavy atom. The van der Waals surface area contributed by atoms with Crippen LogP contribution in [-0.4, -0.2) is 31.3 Å². The molecule has 0 aliphatic heterocycles. The Hall–Kier alpha value is -3.45. The molecule has 0 amide bonds. The monoisotopic (exact) mass is 372 g/mol. The van der Waals surface area contributed by atoms with E-state index < -0.39 is 0 Å². The molecule has 4 aromatic heterocycles. The lowest BCUT2D eigenvalue weighted by Gasteiger charge is -2.10. The standard InChI is InChI=1S/C21H20N6O/c1-26-17(13-28-2)10-20(25-26)24-19-9-16(12-27-7-6-22-21(19)27)15-8-14-4-3-5-18(14)23-11-15/h3,5-12H,4,13H2,1-2H3,(H,24,25). The predicted molar refractivity (Wildman–Crippen MR) is 108 cm³/mol. The number of imidazole rings is 1. The van der Waals surface area contributed by atoms with Crippen LogP contribution in [-0.2, 0) is 24.8 Å². The van der Waals surface area contributed by atoms with E-state index in [1.807, 2.05) is 34.6 Å². The summed E-state index contributed by atoms with van der Waals surface area (Å²) in [6, 6.07) is 6.29. The molecule has 1 aliphatic carbocycles. The summed E-state index contributed by atoms with van der Waals surface area (Å²) in [5.74, 6) is 0.757. The molecular formula is C21H20N6O. The molecule has 1 aliphatic rings. The highest BCUT2D eigenvalue weighted by atomic mass is 16.5. The van der Waals surface area contributed by atoms with E-state index in [1.165, 1.54) is 5.56 Å². The van der Waals surface area contributed by atoms with Gasteiger partial charge in [-0.15, -0.1) is 0 Å². The maximum absolute atomic E-state index is 5.23. The van der Waals surface area contributed by atoms with Crippen LogP contribution in [0.5, 0.6) is 0 Å². The Kier molecular flexibility index (Phi) is 3.95. The van der Waals surface area contributed by atoms with Gasteiger partial charge in [0.05, 0.1) is 23.7 Å². The number of aromatic nitrogens is 5. The van der Waals surface area contributed by atoms with Gasteiger partial charge in [-0.2, -0.15) is 5.10 Å². The van der Waals surface area contributed by atoms with Crippen molar-refractivity contribution in [3.8, 4) is 11.1 Å². The van der Waals surface area contributed by atoms with E-state index in [0.29, 0.717) is 6.61 Å². The fraction of sp³-hybridized carbons (Fsp3) is 0.190. The number of aryl methyl sites for hydroxylation is 1. The Bertz CT molecular complexity index is 1200. The van der Waals surface area contributed by atoms with Crippen LogP contribution in [0, 0.1) is 0 Å². The molecule has 0 saturated carbocycles. The number of nitrogens with one attached hydrogen (secondary N) is 1. The van der Waals surface area contributed by atoms with Gasteiger partial charge in [0.2, 0.25) is 0 Å². The molecule has 0 saturated heterocycles. The van der Waals surface area contributed by atoms with Crippen molar-refractivity contribution >= 4 is 23.2 Å². The molecule has 0 radical (unpaired) electrons. The number of hydrogen-bond acceptors (Lipinski definition) is 5. The lowest BCUT2D eigenvalue weighted by Crippen LogP contribution is -2.00. The number of anilines is 2. The third-order valence-electron chi connectivity index (χ3n) is 4.97. The van der Waals surface area contributed by atoms with Crippen molar-refractivity contribution in [3.63, 3.8) is 0 Å². The van der Waals surface area contributed by atoms with Crippen molar-refractivity contribution < 1.29 is 4.74 Å². The van der Waals surface area contributed by atoms with Crippen LogP contribution in [0.25, 0.3) is 22.9 Å². The normalized spacial score (nSPS) is 12.6. The van der Waals surface area contributed by atoms with Gasteiger partial charge in [0, 0.05) is 56.1 Å². The summed E-state index contributed by atoms with van der Waals surface area (Å²) in [5.41, 5.74) is 7.21. The fourth-order valence-electron chi connectivity index (χ4n) is 3.56. The zero-order valence-electron chi connectivity index (χ0n) is 15.8. The minimum absolute atomic E-state index is 0.513. The first-order chi connectivity index (χ1) is 13.7. The van der Waals surface area contributed by atoms with Crippen molar-refractivity contribution in [2.24, 2.45) is 7.05 Å². The van der Waals surface area contributed by atoms with Gasteiger partial charge in [-0.1, -0.05) is 6.08 Å². The molecule has 28 heavy (non-hydrogen) atoms. The minimum atomic E-state index is 0.513. The van der Waals surface area contributed by atoms with Crippen molar-refractivity contribution in [2.75, 3.05) is 12.4 Å². The summed E-state index contributed by atoms with van der Waals surface area (Å²) in [6.45, 7) is 0.513. The van der Waals surface area contributed by atoms with E-state index in [4.69, 9.17) is 4.74 Å². The van der Waals surface area contributed by atoms with Crippen LogP contribution < -0.4 is 5.32 Å². The van der Waals surface area contributed by atoms with E-state index >= 15 is 0 Å². The van der Waals surface area contributed by atoms with Gasteiger partial charge < -0.3 is 14.5 Å². The summed E-state index contributed by atoms with van der Waals surface area (Å²) in [4.78, 5) is 9.08. The van der Waals surface area contributed by atoms with Crippen LogP contribution in [0.15, 0.2) is 49.1 Å². The number of ether oxygens (including phenoxy) is 1. The predicted octanol–water partition coefficient (Wildman–Crippen LogP) is 3.59. The largest absolute Gasteiger partial charge is 0.378 e. The quantitative estimate of drug-likeness (QED) is 0.580. The van der Waals surface area contributed by atoms with Gasteiger partial charge >= 0.3 is 0 Å². The summed E-state index contributed by atoms with van der Waals surface area (Å²) in [6.07, 6.45) is 12.9. The van der Waals surface area contributed by atoms with Gasteiger partial charge in [0.15, 0.2) is 11.5 Å². The molecule has 5 rings (SSSR count). The van der Waals surface area contributed by atoms with Crippen molar-refractivity contribution in [1.29, 1.82) is 0 Å². The maximum atomic E-state index is 5.23. The lowest BCUT2D eigenvalue weighted by molar-refractivity contribution is 0.178. The summed E-state index contributed by atoms with van der Waals surface area (Å²) in [5, 5.41) is 7.94. The minimum Gasteiger partial charge on any atom is -0.378 e. The average Bonchev–Trinajstić information content (AvgIpc) is 3.41. The maximum Gasteiger partial charge on any atom is 0.160 e. The molecule has 0 bridgehead atoms. The second-order valence-corrected chi connectivity index (χ2v) is 6.88. The fourth-order valence-corrected chi connectivity index (χ4v) is 3.56. The molecule has 0 atom stereocenters. The molecule has 0 fully saturated rings. The summed E-state index contributed by atoms with van der Waals surface area (Å²) >= 11 is 0. The topological polar surface area (TPSA) is 69.3 Å². The molecule has 1 N–H and O–H groups in total. The molecule has 0 aromatic carbocycles. The smallest absolute Gasteiger partial charge is 0.160 e. The van der Waals surface area contributed by atoms with Crippen LogP contribution in [0.3, 0.4) is 0 Å². The SMILES string of the molecule is COCc1cc(Nc2cc(-c3cnc4c(c3)CC=C4)cn3ccnc23)nn1C. The van der Waals surface area contributed by atoms with Crippen LogP contribution >= 0.6 is 0 Å². The molecule has 7 nitrogen and oxygen atoms in total. The zero-order valence-corrected chi connectivity index (χ0v) is 15.8. The first-order valence-corrected chi connectivity index (χ1v) is 9.13. The van der Waals surface area contributed by atoms with E-state index in [9.17, 15) is 0 Å². The number of nitrogens with zero attached hydrogens (tertiary/aromatic N) is 5. The molecule has 0 spiro atoms. The Labute approximate surface area is 162 Å². The Morgan fingerprint density at radius 3 is 3.00 bits per heavy atom. The number of fused-ring (bicyclic) bond motifs is 2. The van der Waals surface area contributed by atoms with Crippen LogP contribution in [0.2, 0.25) is 0 Å². The van der Waals surface area contributed by atoms with E-state index in [1.54, 1.807) is 13.3 Å². The Balaban J connectivity index is 1.55. The van der Waals surface area contributed by atoms with Crippen molar-refractivity contribution in [2.45, 2.75) is 13.0 Å². The van der Waals surface area contributed by atoms with E-state index in [2.05, 4.69) is 50.9 Å². The second-order valence-electron chi connectivity index (χ2n) is 6.88. The molecule has 0 unspecified atom stereocenters. The summed E-state index contributed by atoms with van der Waals surface area (Å²) in [7, 11) is 3.59. The molecular weight excluding hydrogens is 352 g/mol. The van der Waals surface area contributed by atoms with Gasteiger partial charge in [0.25, 0.3) is 0 Å². The van der Waals surface area contributed by atoms with Gasteiger partial charge in [0.1, 0.15) is 0 Å². The van der Waals surface area contributed by atoms with Crippen LogP contribution in [0.1, 0.15) is 17.0 Å². The third kappa shape index (κ3) is 2.86. The van der Waals surface area contributed by atoms with E-state index in [0.717, 1.165) is 46.1 Å². The number of hydrogen-bond donors (Lipinski definition) is 1. The van der Waals surface area contributed by atoms with Crippen LogP contribution in [0.4, 0.5) is 11.5 Å². The lowest BCUT2D eigenvalue weighted by atomic mass is 10.1. The van der Waals surface area contributed by atoms with E-state index in [-0.39, 0.29) is 0 Å². The number of rotatable bonds is 5. The van der Waals surface area contributed by atoms with Gasteiger partial charge in [-0.05, 0) is 30.2 Å². The Morgan fingerprint density at radius 2 is 2.11 bits per heavy atom. The van der Waals surface area contributed by atoms with Crippen molar-refractivity contribution in [3.05, 3.63) is 66.0 Å².